The maximum atomic E-state index is 13.2. The Bertz CT molecular complexity index is 898. The maximum absolute atomic E-state index is 13.2. The Labute approximate surface area is 174 Å². The smallest absolute Gasteiger partial charge is 0.243 e. The van der Waals surface area contributed by atoms with E-state index in [1.165, 1.54) is 31.3 Å². The number of hydrogen-bond acceptors (Lipinski definition) is 4. The third-order valence-corrected chi connectivity index (χ3v) is 7.85. The first kappa shape index (κ1) is 21.8. The Morgan fingerprint density at radius 3 is 2.31 bits per heavy atom. The van der Waals surface area contributed by atoms with Crippen molar-refractivity contribution in [1.29, 1.82) is 5.26 Å². The van der Waals surface area contributed by atoms with Gasteiger partial charge in [-0.3, -0.25) is 4.79 Å². The van der Waals surface area contributed by atoms with Crippen LogP contribution in [0, 0.1) is 22.7 Å². The average Bonchev–Trinajstić information content (AvgIpc) is 3.45. The fourth-order valence-electron chi connectivity index (χ4n) is 4.80. The highest BCUT2D eigenvalue weighted by molar-refractivity contribution is 7.89. The Morgan fingerprint density at radius 1 is 1.17 bits per heavy atom. The molecule has 158 valence electrons. The summed E-state index contributed by atoms with van der Waals surface area (Å²) in [7, 11) is -2.34. The van der Waals surface area contributed by atoms with Gasteiger partial charge in [-0.15, -0.1) is 0 Å². The Balaban J connectivity index is 1.75. The number of likely N-dealkylation sites (N-methyl/N-ethyl adjacent to an activating group) is 1. The van der Waals surface area contributed by atoms with E-state index in [9.17, 15) is 13.2 Å². The van der Waals surface area contributed by atoms with Crippen LogP contribution in [-0.2, 0) is 14.8 Å². The summed E-state index contributed by atoms with van der Waals surface area (Å²) in [5.74, 6) is 0.444. The van der Waals surface area contributed by atoms with Crippen LogP contribution in [0.25, 0.3) is 0 Å². The fourth-order valence-corrected chi connectivity index (χ4v) is 5.92. The standard InChI is InChI=1S/C22H31N3O3S/c1-16-11-19(13-22(2,3)12-16)25(18-7-8-18)21(26)15-24(4)29(27,28)20-9-5-17(14-23)6-10-20/h5-6,9-10,16,18-19H,7-8,11-13,15H2,1-4H3/t16-,19+/m0/s1. The van der Waals surface area contributed by atoms with Gasteiger partial charge in [-0.1, -0.05) is 20.8 Å². The summed E-state index contributed by atoms with van der Waals surface area (Å²) in [5, 5.41) is 8.90. The van der Waals surface area contributed by atoms with E-state index in [0.717, 1.165) is 36.4 Å². The number of hydrogen-bond donors (Lipinski definition) is 0. The molecule has 0 bridgehead atoms. The highest BCUT2D eigenvalue weighted by Gasteiger charge is 2.43. The van der Waals surface area contributed by atoms with Gasteiger partial charge in [-0.25, -0.2) is 8.42 Å². The van der Waals surface area contributed by atoms with Crippen molar-refractivity contribution in [3.63, 3.8) is 0 Å². The van der Waals surface area contributed by atoms with Crippen molar-refractivity contribution in [3.05, 3.63) is 29.8 Å². The minimum atomic E-state index is -3.79. The van der Waals surface area contributed by atoms with Crippen LogP contribution in [-0.4, -0.2) is 49.2 Å². The summed E-state index contributed by atoms with van der Waals surface area (Å²) in [5.41, 5.74) is 0.590. The molecular weight excluding hydrogens is 386 g/mol. The molecule has 1 aromatic carbocycles. The lowest BCUT2D eigenvalue weighted by Crippen LogP contribution is -2.50. The summed E-state index contributed by atoms with van der Waals surface area (Å²) in [4.78, 5) is 15.3. The molecule has 0 saturated heterocycles. The highest BCUT2D eigenvalue weighted by Crippen LogP contribution is 2.43. The van der Waals surface area contributed by atoms with Gasteiger partial charge in [-0.2, -0.15) is 9.57 Å². The van der Waals surface area contributed by atoms with Gasteiger partial charge in [0.1, 0.15) is 0 Å². The molecule has 3 rings (SSSR count). The molecule has 7 heteroatoms. The van der Waals surface area contributed by atoms with Crippen LogP contribution in [0.5, 0.6) is 0 Å². The molecule has 0 radical (unpaired) electrons. The summed E-state index contributed by atoms with van der Waals surface area (Å²) in [6.45, 7) is 6.59. The van der Waals surface area contributed by atoms with Gasteiger partial charge in [0.2, 0.25) is 15.9 Å². The number of carbonyl (C=O) groups is 1. The zero-order chi connectivity index (χ0) is 21.4. The molecule has 2 fully saturated rings. The van der Waals surface area contributed by atoms with Crippen LogP contribution in [0.3, 0.4) is 0 Å². The highest BCUT2D eigenvalue weighted by atomic mass is 32.2. The van der Waals surface area contributed by atoms with Crippen molar-refractivity contribution < 1.29 is 13.2 Å². The maximum Gasteiger partial charge on any atom is 0.243 e. The van der Waals surface area contributed by atoms with E-state index in [1.54, 1.807) is 0 Å². The Kier molecular flexibility index (Phi) is 6.07. The van der Waals surface area contributed by atoms with E-state index >= 15 is 0 Å². The molecule has 2 saturated carbocycles. The fraction of sp³-hybridized carbons (Fsp3) is 0.636. The molecular formula is C22H31N3O3S. The van der Waals surface area contributed by atoms with E-state index in [4.69, 9.17) is 5.26 Å². The first-order valence-electron chi connectivity index (χ1n) is 10.3. The molecule has 0 aromatic heterocycles. The van der Waals surface area contributed by atoms with E-state index < -0.39 is 10.0 Å². The lowest BCUT2D eigenvalue weighted by molar-refractivity contribution is -0.136. The molecule has 2 aliphatic rings. The van der Waals surface area contributed by atoms with Crippen molar-refractivity contribution in [2.75, 3.05) is 13.6 Å². The normalized spacial score (nSPS) is 24.1. The predicted molar refractivity (Wildman–Crippen MR) is 111 cm³/mol. The second kappa shape index (κ2) is 8.08. The Morgan fingerprint density at radius 2 is 1.79 bits per heavy atom. The van der Waals surface area contributed by atoms with Crippen LogP contribution in [0.1, 0.15) is 58.4 Å². The molecule has 1 amide bonds. The third-order valence-electron chi connectivity index (χ3n) is 6.03. The van der Waals surface area contributed by atoms with Crippen LogP contribution in [0.4, 0.5) is 0 Å². The van der Waals surface area contributed by atoms with Crippen molar-refractivity contribution in [3.8, 4) is 6.07 Å². The summed E-state index contributed by atoms with van der Waals surface area (Å²) in [6, 6.07) is 8.19. The van der Waals surface area contributed by atoms with Crippen molar-refractivity contribution in [2.24, 2.45) is 11.3 Å². The van der Waals surface area contributed by atoms with Crippen LogP contribution < -0.4 is 0 Å². The van der Waals surface area contributed by atoms with Gasteiger partial charge in [0.25, 0.3) is 0 Å². The molecule has 0 aliphatic heterocycles. The molecule has 1 aromatic rings. The summed E-state index contributed by atoms with van der Waals surface area (Å²) < 4.78 is 26.9. The minimum Gasteiger partial charge on any atom is -0.336 e. The van der Waals surface area contributed by atoms with E-state index in [2.05, 4.69) is 20.8 Å². The lowest BCUT2D eigenvalue weighted by atomic mass is 9.70. The van der Waals surface area contributed by atoms with E-state index in [-0.39, 0.29) is 34.8 Å². The van der Waals surface area contributed by atoms with Gasteiger partial charge < -0.3 is 4.90 Å². The van der Waals surface area contributed by atoms with Gasteiger partial charge >= 0.3 is 0 Å². The molecule has 0 heterocycles. The number of carbonyl (C=O) groups excluding carboxylic acids is 1. The van der Waals surface area contributed by atoms with Crippen molar-refractivity contribution in [1.82, 2.24) is 9.21 Å². The van der Waals surface area contributed by atoms with Gasteiger partial charge in [0.15, 0.2) is 0 Å². The van der Waals surface area contributed by atoms with Crippen molar-refractivity contribution in [2.45, 2.75) is 69.9 Å². The molecule has 29 heavy (non-hydrogen) atoms. The molecule has 6 nitrogen and oxygen atoms in total. The molecule has 0 unspecified atom stereocenters. The van der Waals surface area contributed by atoms with Crippen LogP contribution in [0.15, 0.2) is 29.2 Å². The van der Waals surface area contributed by atoms with Crippen LogP contribution >= 0.6 is 0 Å². The largest absolute Gasteiger partial charge is 0.336 e. The molecule has 2 atom stereocenters. The molecule has 0 N–H and O–H groups in total. The SMILES string of the molecule is C[C@H]1C[C@@H](N(C(=O)CN(C)S(=O)(=O)c2ccc(C#N)cc2)C2CC2)CC(C)(C)C1. The van der Waals surface area contributed by atoms with Crippen LogP contribution in [0.2, 0.25) is 0 Å². The summed E-state index contributed by atoms with van der Waals surface area (Å²) in [6.07, 6.45) is 5.11. The molecule has 2 aliphatic carbocycles. The third kappa shape index (κ3) is 4.99. The number of amides is 1. The van der Waals surface area contributed by atoms with E-state index in [1.807, 2.05) is 11.0 Å². The zero-order valence-electron chi connectivity index (χ0n) is 17.8. The minimum absolute atomic E-state index is 0.0946. The average molecular weight is 418 g/mol. The first-order chi connectivity index (χ1) is 13.5. The number of nitriles is 1. The summed E-state index contributed by atoms with van der Waals surface area (Å²) >= 11 is 0. The quantitative estimate of drug-likeness (QED) is 0.710. The predicted octanol–water partition coefficient (Wildman–Crippen LogP) is 3.38. The monoisotopic (exact) mass is 417 g/mol. The van der Waals surface area contributed by atoms with Gasteiger partial charge in [0, 0.05) is 19.1 Å². The lowest BCUT2D eigenvalue weighted by Gasteiger charge is -2.44. The number of nitrogens with zero attached hydrogens (tertiary/aromatic N) is 3. The topological polar surface area (TPSA) is 81.5 Å². The first-order valence-corrected chi connectivity index (χ1v) is 11.8. The second-order valence-corrected chi connectivity index (χ2v) is 11.5. The van der Waals surface area contributed by atoms with E-state index in [0.29, 0.717) is 11.5 Å². The number of benzene rings is 1. The van der Waals surface area contributed by atoms with Gasteiger partial charge in [0.05, 0.1) is 23.1 Å². The Hall–Kier alpha value is -1.91. The molecule has 0 spiro atoms. The van der Waals surface area contributed by atoms with Gasteiger partial charge in [-0.05, 0) is 67.7 Å². The number of sulfonamides is 1. The van der Waals surface area contributed by atoms with Crippen molar-refractivity contribution >= 4 is 15.9 Å². The second-order valence-electron chi connectivity index (χ2n) is 9.50. The number of rotatable bonds is 6. The zero-order valence-corrected chi connectivity index (χ0v) is 18.6.